The zero-order valence-corrected chi connectivity index (χ0v) is 18.2. The van der Waals surface area contributed by atoms with Gasteiger partial charge in [-0.05, 0) is 69.2 Å². The van der Waals surface area contributed by atoms with Crippen LogP contribution in [0.3, 0.4) is 0 Å². The Kier molecular flexibility index (Phi) is 6.77. The van der Waals surface area contributed by atoms with E-state index >= 15 is 0 Å². The smallest absolute Gasteiger partial charge is 0.242 e. The summed E-state index contributed by atoms with van der Waals surface area (Å²) in [4.78, 5) is 31.9. The van der Waals surface area contributed by atoms with Gasteiger partial charge in [-0.25, -0.2) is 4.99 Å². The summed E-state index contributed by atoms with van der Waals surface area (Å²) in [7, 11) is 1.63. The van der Waals surface area contributed by atoms with Crippen molar-refractivity contribution in [3.63, 3.8) is 0 Å². The number of rotatable bonds is 8. The molecule has 1 N–H and O–H groups in total. The molecule has 7 heteroatoms. The third-order valence-corrected chi connectivity index (χ3v) is 6.85. The molecule has 1 aliphatic heterocycles. The van der Waals surface area contributed by atoms with E-state index in [1.54, 1.807) is 12.0 Å². The summed E-state index contributed by atoms with van der Waals surface area (Å²) in [5.41, 5.74) is 2.20. The molecule has 2 amide bonds. The predicted octanol–water partition coefficient (Wildman–Crippen LogP) is 4.19. The first-order valence-electron chi connectivity index (χ1n) is 10.8. The summed E-state index contributed by atoms with van der Waals surface area (Å²) >= 11 is 1.41. The van der Waals surface area contributed by atoms with Crippen molar-refractivity contribution in [2.45, 2.75) is 62.7 Å². The highest BCUT2D eigenvalue weighted by atomic mass is 32.2. The number of nitrogens with one attached hydrogen (secondary N) is 1. The molecule has 1 heterocycles. The minimum atomic E-state index is -0.402. The Morgan fingerprint density at radius 3 is 2.73 bits per heavy atom. The number of ether oxygens (including phenoxy) is 1. The molecule has 2 fully saturated rings. The average molecular weight is 428 g/mol. The Balaban J connectivity index is 1.48. The van der Waals surface area contributed by atoms with E-state index in [9.17, 15) is 9.59 Å². The number of amidine groups is 1. The number of amides is 2. The van der Waals surface area contributed by atoms with Crippen molar-refractivity contribution in [1.29, 1.82) is 0 Å². The Bertz CT molecular complexity index is 846. The summed E-state index contributed by atoms with van der Waals surface area (Å²) in [6, 6.07) is 7.79. The van der Waals surface area contributed by atoms with Gasteiger partial charge in [-0.15, -0.1) is 0 Å². The molecule has 1 aromatic carbocycles. The minimum absolute atomic E-state index is 0.00498. The summed E-state index contributed by atoms with van der Waals surface area (Å²) < 4.78 is 5.21. The molecular weight excluding hydrogens is 398 g/mol. The number of methoxy groups -OCH3 is 1. The second kappa shape index (κ2) is 9.69. The Hall–Kier alpha value is -2.28. The molecule has 0 spiro atoms. The normalized spacial score (nSPS) is 22.9. The molecule has 2 aliphatic carbocycles. The Morgan fingerprint density at radius 1 is 1.27 bits per heavy atom. The van der Waals surface area contributed by atoms with Crippen LogP contribution in [0.2, 0.25) is 0 Å². The van der Waals surface area contributed by atoms with Crippen LogP contribution in [0, 0.1) is 0 Å². The average Bonchev–Trinajstić information content (AvgIpc) is 3.53. The topological polar surface area (TPSA) is 71.0 Å². The second-order valence-electron chi connectivity index (χ2n) is 8.09. The van der Waals surface area contributed by atoms with Gasteiger partial charge in [0.2, 0.25) is 11.8 Å². The van der Waals surface area contributed by atoms with Gasteiger partial charge >= 0.3 is 0 Å². The van der Waals surface area contributed by atoms with Crippen LogP contribution in [0.4, 0.5) is 5.69 Å². The van der Waals surface area contributed by atoms with Gasteiger partial charge in [-0.1, -0.05) is 23.4 Å². The first kappa shape index (κ1) is 21.0. The first-order valence-corrected chi connectivity index (χ1v) is 11.7. The predicted molar refractivity (Wildman–Crippen MR) is 120 cm³/mol. The largest absolute Gasteiger partial charge is 0.497 e. The van der Waals surface area contributed by atoms with Crippen molar-refractivity contribution in [3.8, 4) is 5.75 Å². The lowest BCUT2D eigenvalue weighted by atomic mass is 9.97. The van der Waals surface area contributed by atoms with Crippen LogP contribution in [0.25, 0.3) is 0 Å². The van der Waals surface area contributed by atoms with Gasteiger partial charge in [0, 0.05) is 19.0 Å². The molecule has 1 saturated heterocycles. The zero-order chi connectivity index (χ0) is 20.9. The monoisotopic (exact) mass is 427 g/mol. The lowest BCUT2D eigenvalue weighted by Crippen LogP contribution is -2.36. The molecule has 1 atom stereocenters. The molecule has 30 heavy (non-hydrogen) atoms. The van der Waals surface area contributed by atoms with E-state index < -0.39 is 5.25 Å². The SMILES string of the molecule is COc1ccc(N=C2SC(CC(=O)NC3CC3)C(=O)N2CCC2=CCCCC2)cc1. The third kappa shape index (κ3) is 5.45. The number of hydrogen-bond donors (Lipinski definition) is 1. The van der Waals surface area contributed by atoms with Crippen LogP contribution < -0.4 is 10.1 Å². The van der Waals surface area contributed by atoms with Crippen LogP contribution in [0.1, 0.15) is 51.4 Å². The van der Waals surface area contributed by atoms with Crippen LogP contribution in [-0.2, 0) is 9.59 Å². The number of hydrogen-bond acceptors (Lipinski definition) is 5. The highest BCUT2D eigenvalue weighted by molar-refractivity contribution is 8.15. The number of aliphatic imine (C=N–C) groups is 1. The minimum Gasteiger partial charge on any atom is -0.497 e. The molecule has 6 nitrogen and oxygen atoms in total. The number of allylic oxidation sites excluding steroid dienone is 1. The third-order valence-electron chi connectivity index (χ3n) is 5.67. The standard InChI is InChI=1S/C23H29N3O3S/c1-29-19-11-9-18(10-12-19)25-23-26(14-13-16-5-3-2-4-6-16)22(28)20(30-23)15-21(27)24-17-7-8-17/h5,9-12,17,20H,2-4,6-8,13-15H2,1H3,(H,24,27). The van der Waals surface area contributed by atoms with E-state index in [4.69, 9.17) is 9.73 Å². The van der Waals surface area contributed by atoms with Gasteiger partial charge in [0.1, 0.15) is 11.0 Å². The summed E-state index contributed by atoms with van der Waals surface area (Å²) in [5, 5.41) is 3.28. The van der Waals surface area contributed by atoms with Crippen LogP contribution >= 0.6 is 11.8 Å². The zero-order valence-electron chi connectivity index (χ0n) is 17.4. The van der Waals surface area contributed by atoms with Crippen molar-refractivity contribution in [3.05, 3.63) is 35.9 Å². The molecule has 160 valence electrons. The van der Waals surface area contributed by atoms with E-state index in [0.29, 0.717) is 17.8 Å². The number of nitrogens with zero attached hydrogens (tertiary/aromatic N) is 2. The van der Waals surface area contributed by atoms with Crippen molar-refractivity contribution >= 4 is 34.4 Å². The highest BCUT2D eigenvalue weighted by Gasteiger charge is 2.39. The van der Waals surface area contributed by atoms with Gasteiger partial charge < -0.3 is 10.1 Å². The van der Waals surface area contributed by atoms with Gasteiger partial charge in [-0.2, -0.15) is 0 Å². The Morgan fingerprint density at radius 2 is 2.07 bits per heavy atom. The van der Waals surface area contributed by atoms with Crippen molar-refractivity contribution in [2.24, 2.45) is 4.99 Å². The fraction of sp³-hybridized carbons (Fsp3) is 0.522. The molecule has 1 unspecified atom stereocenters. The van der Waals surface area contributed by atoms with E-state index in [1.807, 2.05) is 24.3 Å². The van der Waals surface area contributed by atoms with Crippen molar-refractivity contribution in [2.75, 3.05) is 13.7 Å². The molecular formula is C23H29N3O3S. The fourth-order valence-corrected chi connectivity index (χ4v) is 4.95. The van der Waals surface area contributed by atoms with E-state index in [1.165, 1.54) is 30.2 Å². The second-order valence-corrected chi connectivity index (χ2v) is 9.26. The van der Waals surface area contributed by atoms with Gasteiger partial charge in [-0.3, -0.25) is 14.5 Å². The first-order chi connectivity index (χ1) is 14.6. The van der Waals surface area contributed by atoms with E-state index in [2.05, 4.69) is 11.4 Å². The molecule has 4 rings (SSSR count). The van der Waals surface area contributed by atoms with Gasteiger partial charge in [0.05, 0.1) is 12.8 Å². The maximum atomic E-state index is 13.1. The molecule has 0 aromatic heterocycles. The lowest BCUT2D eigenvalue weighted by molar-refractivity contribution is -0.129. The highest BCUT2D eigenvalue weighted by Crippen LogP contribution is 2.33. The van der Waals surface area contributed by atoms with Crippen LogP contribution in [0.15, 0.2) is 40.9 Å². The van der Waals surface area contributed by atoms with Gasteiger partial charge in [0.15, 0.2) is 5.17 Å². The number of carbonyl (C=O) groups excluding carboxylic acids is 2. The van der Waals surface area contributed by atoms with Crippen molar-refractivity contribution < 1.29 is 14.3 Å². The number of carbonyl (C=O) groups is 2. The summed E-state index contributed by atoms with van der Waals surface area (Å²) in [6.07, 6.45) is 10.2. The van der Waals surface area contributed by atoms with Gasteiger partial charge in [0.25, 0.3) is 0 Å². The lowest BCUT2D eigenvalue weighted by Gasteiger charge is -2.19. The summed E-state index contributed by atoms with van der Waals surface area (Å²) in [6.45, 7) is 0.618. The maximum Gasteiger partial charge on any atom is 0.242 e. The Labute approximate surface area is 182 Å². The maximum absolute atomic E-state index is 13.1. The molecule has 1 saturated carbocycles. The van der Waals surface area contributed by atoms with Crippen LogP contribution in [-0.4, -0.2) is 46.8 Å². The van der Waals surface area contributed by atoms with Crippen LogP contribution in [0.5, 0.6) is 5.75 Å². The van der Waals surface area contributed by atoms with Crippen molar-refractivity contribution in [1.82, 2.24) is 10.2 Å². The van der Waals surface area contributed by atoms with E-state index in [-0.39, 0.29) is 18.2 Å². The summed E-state index contributed by atoms with van der Waals surface area (Å²) in [5.74, 6) is 0.725. The molecule has 0 bridgehead atoms. The number of benzene rings is 1. The number of thioether (sulfide) groups is 1. The van der Waals surface area contributed by atoms with E-state index in [0.717, 1.165) is 43.5 Å². The molecule has 1 aromatic rings. The fourth-order valence-electron chi connectivity index (χ4n) is 3.77. The molecule has 0 radical (unpaired) electrons. The quantitative estimate of drug-likeness (QED) is 0.632. The molecule has 3 aliphatic rings.